The van der Waals surface area contributed by atoms with Crippen LogP contribution in [0.3, 0.4) is 0 Å². The lowest BCUT2D eigenvalue weighted by atomic mass is 10.1. The Morgan fingerprint density at radius 2 is 1.90 bits per heavy atom. The number of anilines is 1. The highest BCUT2D eigenvalue weighted by Crippen LogP contribution is 2.30. The second-order valence-electron chi connectivity index (χ2n) is 7.26. The van der Waals surface area contributed by atoms with E-state index in [2.05, 4.69) is 22.1 Å². The Hall–Kier alpha value is -3.64. The number of H-pyrrole nitrogens is 1. The number of nitrogens with zero attached hydrogens (tertiary/aromatic N) is 2. The molecule has 150 valence electrons. The highest BCUT2D eigenvalue weighted by Gasteiger charge is 2.13. The summed E-state index contributed by atoms with van der Waals surface area (Å²) >= 11 is 0. The second-order valence-corrected chi connectivity index (χ2v) is 7.26. The molecule has 5 aromatic rings. The molecule has 0 saturated carbocycles. The fourth-order valence-corrected chi connectivity index (χ4v) is 3.63. The lowest BCUT2D eigenvalue weighted by molar-refractivity contribution is 0.118. The van der Waals surface area contributed by atoms with Gasteiger partial charge in [0.2, 0.25) is 0 Å². The fourth-order valence-electron chi connectivity index (χ4n) is 3.63. The molecule has 0 radical (unpaired) electrons. The maximum absolute atomic E-state index is 6.21. The maximum Gasteiger partial charge on any atom is 0.150 e. The van der Waals surface area contributed by atoms with Crippen molar-refractivity contribution >= 4 is 27.8 Å². The number of rotatable bonds is 7. The molecule has 0 aliphatic carbocycles. The third kappa shape index (κ3) is 3.65. The zero-order valence-electron chi connectivity index (χ0n) is 16.5. The molecule has 3 heterocycles. The standard InChI is InChI=1S/C24H22N4O2/c25-24-23-22(18-11-10-17(14-19(18)26-24)20-8-4-13-30-20)27-21(28-23)9-5-12-29-15-16-6-2-1-3-7-16/h1-4,6-8,10-11,13-14H,5,9,12,15H2,(H2,25,26)(H,27,28). The number of benzene rings is 2. The lowest BCUT2D eigenvalue weighted by Crippen LogP contribution is -1.98. The van der Waals surface area contributed by atoms with Gasteiger partial charge in [0.1, 0.15) is 28.4 Å². The molecule has 6 nitrogen and oxygen atoms in total. The predicted octanol–water partition coefficient (Wildman–Crippen LogP) is 5.10. The van der Waals surface area contributed by atoms with Crippen LogP contribution in [0, 0.1) is 0 Å². The number of hydrogen-bond acceptors (Lipinski definition) is 5. The molecule has 0 aliphatic rings. The SMILES string of the molecule is Nc1nc2cc(-c3ccco3)ccc2c2nc(CCCOCc3ccccc3)[nH]c12. The summed E-state index contributed by atoms with van der Waals surface area (Å²) in [6.45, 7) is 1.30. The van der Waals surface area contributed by atoms with Crippen LogP contribution in [0.5, 0.6) is 0 Å². The van der Waals surface area contributed by atoms with Gasteiger partial charge in [-0.3, -0.25) is 0 Å². The first-order chi connectivity index (χ1) is 14.8. The number of aromatic amines is 1. The zero-order chi connectivity index (χ0) is 20.3. The summed E-state index contributed by atoms with van der Waals surface area (Å²) in [5.74, 6) is 2.15. The van der Waals surface area contributed by atoms with Crippen LogP contribution in [0.15, 0.2) is 71.3 Å². The summed E-state index contributed by atoms with van der Waals surface area (Å²) in [6.07, 6.45) is 3.32. The number of nitrogen functional groups attached to an aromatic ring is 1. The number of pyridine rings is 1. The van der Waals surface area contributed by atoms with Gasteiger partial charge in [0.05, 0.1) is 18.4 Å². The quantitative estimate of drug-likeness (QED) is 0.372. The van der Waals surface area contributed by atoms with Crippen LogP contribution in [0.25, 0.3) is 33.3 Å². The van der Waals surface area contributed by atoms with Gasteiger partial charge >= 0.3 is 0 Å². The van der Waals surface area contributed by atoms with E-state index in [9.17, 15) is 0 Å². The molecule has 3 aromatic heterocycles. The van der Waals surface area contributed by atoms with Gasteiger partial charge in [0.15, 0.2) is 0 Å². The first-order valence-electron chi connectivity index (χ1n) is 10.0. The van der Waals surface area contributed by atoms with Crippen molar-refractivity contribution in [1.82, 2.24) is 15.0 Å². The second kappa shape index (κ2) is 8.00. The molecule has 30 heavy (non-hydrogen) atoms. The zero-order valence-corrected chi connectivity index (χ0v) is 16.5. The number of imidazole rings is 1. The van der Waals surface area contributed by atoms with E-state index in [0.29, 0.717) is 19.0 Å². The van der Waals surface area contributed by atoms with Crippen molar-refractivity contribution in [2.75, 3.05) is 12.3 Å². The minimum Gasteiger partial charge on any atom is -0.464 e. The third-order valence-corrected chi connectivity index (χ3v) is 5.12. The van der Waals surface area contributed by atoms with E-state index in [1.54, 1.807) is 6.26 Å². The van der Waals surface area contributed by atoms with Crippen LogP contribution in [-0.2, 0) is 17.8 Å². The van der Waals surface area contributed by atoms with Crippen LogP contribution in [0.1, 0.15) is 17.8 Å². The minimum absolute atomic E-state index is 0.452. The normalized spacial score (nSPS) is 11.5. The summed E-state index contributed by atoms with van der Waals surface area (Å²) in [5.41, 5.74) is 10.8. The van der Waals surface area contributed by atoms with E-state index in [0.717, 1.165) is 51.9 Å². The summed E-state index contributed by atoms with van der Waals surface area (Å²) in [6, 6.07) is 20.0. The molecule has 6 heteroatoms. The number of ether oxygens (including phenoxy) is 1. The third-order valence-electron chi connectivity index (χ3n) is 5.12. The van der Waals surface area contributed by atoms with E-state index in [1.807, 2.05) is 48.5 Å². The number of fused-ring (bicyclic) bond motifs is 3. The lowest BCUT2D eigenvalue weighted by Gasteiger charge is -2.03. The van der Waals surface area contributed by atoms with Crippen molar-refractivity contribution in [3.63, 3.8) is 0 Å². The molecule has 0 saturated heterocycles. The van der Waals surface area contributed by atoms with Crippen molar-refractivity contribution in [1.29, 1.82) is 0 Å². The summed E-state index contributed by atoms with van der Waals surface area (Å²) < 4.78 is 11.3. The first kappa shape index (κ1) is 18.4. The molecule has 0 aliphatic heterocycles. The smallest absolute Gasteiger partial charge is 0.150 e. The predicted molar refractivity (Wildman–Crippen MR) is 118 cm³/mol. The number of furan rings is 1. The van der Waals surface area contributed by atoms with E-state index in [4.69, 9.17) is 19.9 Å². The average molecular weight is 398 g/mol. The van der Waals surface area contributed by atoms with Gasteiger partial charge in [0, 0.05) is 24.0 Å². The Balaban J connectivity index is 1.32. The van der Waals surface area contributed by atoms with E-state index >= 15 is 0 Å². The van der Waals surface area contributed by atoms with Crippen molar-refractivity contribution in [2.24, 2.45) is 0 Å². The molecule has 0 fully saturated rings. The summed E-state index contributed by atoms with van der Waals surface area (Å²) in [4.78, 5) is 12.7. The number of nitrogens with one attached hydrogen (secondary N) is 1. The van der Waals surface area contributed by atoms with Crippen LogP contribution < -0.4 is 5.73 Å². The highest BCUT2D eigenvalue weighted by molar-refractivity contribution is 6.06. The molecule has 3 N–H and O–H groups in total. The minimum atomic E-state index is 0.452. The molecule has 0 spiro atoms. The molecular weight excluding hydrogens is 376 g/mol. The Morgan fingerprint density at radius 1 is 1.00 bits per heavy atom. The van der Waals surface area contributed by atoms with Crippen molar-refractivity contribution in [2.45, 2.75) is 19.4 Å². The van der Waals surface area contributed by atoms with Crippen LogP contribution in [0.2, 0.25) is 0 Å². The van der Waals surface area contributed by atoms with Crippen LogP contribution in [-0.4, -0.2) is 21.6 Å². The van der Waals surface area contributed by atoms with Crippen molar-refractivity contribution in [3.05, 3.63) is 78.3 Å². The number of aryl methyl sites for hydroxylation is 1. The Labute approximate surface area is 173 Å². The Bertz CT molecular complexity index is 1280. The first-order valence-corrected chi connectivity index (χ1v) is 10.0. The van der Waals surface area contributed by atoms with Gasteiger partial charge in [-0.15, -0.1) is 0 Å². The summed E-state index contributed by atoms with van der Waals surface area (Å²) in [7, 11) is 0. The Morgan fingerprint density at radius 3 is 2.73 bits per heavy atom. The highest BCUT2D eigenvalue weighted by atomic mass is 16.5. The van der Waals surface area contributed by atoms with E-state index < -0.39 is 0 Å². The molecule has 0 unspecified atom stereocenters. The monoisotopic (exact) mass is 398 g/mol. The van der Waals surface area contributed by atoms with E-state index in [1.165, 1.54) is 5.56 Å². The van der Waals surface area contributed by atoms with Crippen LogP contribution in [0.4, 0.5) is 5.82 Å². The van der Waals surface area contributed by atoms with Gasteiger partial charge in [-0.2, -0.15) is 0 Å². The van der Waals surface area contributed by atoms with Gasteiger partial charge < -0.3 is 19.9 Å². The number of hydrogen-bond donors (Lipinski definition) is 2. The molecular formula is C24H22N4O2. The van der Waals surface area contributed by atoms with Gasteiger partial charge in [-0.05, 0) is 36.2 Å². The van der Waals surface area contributed by atoms with Crippen LogP contribution >= 0.6 is 0 Å². The average Bonchev–Trinajstić information content (AvgIpc) is 3.45. The molecule has 0 atom stereocenters. The topological polar surface area (TPSA) is 90.0 Å². The Kier molecular flexibility index (Phi) is 4.91. The van der Waals surface area contributed by atoms with Gasteiger partial charge in [0.25, 0.3) is 0 Å². The molecule has 2 aromatic carbocycles. The number of nitrogens with two attached hydrogens (primary N) is 1. The van der Waals surface area contributed by atoms with E-state index in [-0.39, 0.29) is 0 Å². The van der Waals surface area contributed by atoms with Crippen molar-refractivity contribution < 1.29 is 9.15 Å². The molecule has 5 rings (SSSR count). The van der Waals surface area contributed by atoms with Crippen molar-refractivity contribution in [3.8, 4) is 11.3 Å². The largest absolute Gasteiger partial charge is 0.464 e. The number of aromatic nitrogens is 3. The fraction of sp³-hybridized carbons (Fsp3) is 0.167. The maximum atomic E-state index is 6.21. The van der Waals surface area contributed by atoms with Gasteiger partial charge in [-0.1, -0.05) is 36.4 Å². The molecule has 0 bridgehead atoms. The molecule has 0 amide bonds. The summed E-state index contributed by atoms with van der Waals surface area (Å²) in [5, 5.41) is 0.970. The van der Waals surface area contributed by atoms with Gasteiger partial charge in [-0.25, -0.2) is 9.97 Å².